The van der Waals surface area contributed by atoms with Crippen LogP contribution < -0.4 is 0 Å². The highest BCUT2D eigenvalue weighted by molar-refractivity contribution is 7.99. The third-order valence-electron chi connectivity index (χ3n) is 3.39. The molecule has 0 amide bonds. The number of nitrogens with zero attached hydrogens (tertiary/aromatic N) is 4. The number of Topliss-reactive ketones (excluding diaryl/α,β-unsaturated/α-hetero) is 1. The molecule has 0 unspecified atom stereocenters. The fraction of sp³-hybridized carbons (Fsp3) is 0.176. The Hall–Kier alpha value is -2.67. The molecule has 0 saturated heterocycles. The zero-order valence-electron chi connectivity index (χ0n) is 13.3. The van der Waals surface area contributed by atoms with Gasteiger partial charge < -0.3 is 5.11 Å². The van der Waals surface area contributed by atoms with Crippen molar-refractivity contribution in [2.24, 2.45) is 0 Å². The average Bonchev–Trinajstić information content (AvgIpc) is 2.92. The number of aryl methyl sites for hydroxylation is 2. The van der Waals surface area contributed by atoms with Crippen molar-refractivity contribution in [1.82, 2.24) is 20.0 Å². The minimum Gasteiger partial charge on any atom is -0.508 e. The van der Waals surface area contributed by atoms with E-state index in [1.165, 1.54) is 23.9 Å². The molecule has 0 aliphatic heterocycles. The van der Waals surface area contributed by atoms with Gasteiger partial charge in [-0.25, -0.2) is 4.68 Å². The van der Waals surface area contributed by atoms with E-state index in [-0.39, 0.29) is 17.3 Å². The minimum absolute atomic E-state index is 0.0237. The molecule has 0 fully saturated rings. The lowest BCUT2D eigenvalue weighted by Crippen LogP contribution is -2.05. The fourth-order valence-corrected chi connectivity index (χ4v) is 2.94. The summed E-state index contributed by atoms with van der Waals surface area (Å²) in [5.74, 6) is 1.03. The number of thioether (sulfide) groups is 1. The topological polar surface area (TPSA) is 80.9 Å². The van der Waals surface area contributed by atoms with Crippen LogP contribution in [0, 0.1) is 13.8 Å². The normalized spacial score (nSPS) is 10.8. The Morgan fingerprint density at radius 3 is 2.46 bits per heavy atom. The summed E-state index contributed by atoms with van der Waals surface area (Å²) in [7, 11) is 0. The molecule has 3 aromatic rings. The van der Waals surface area contributed by atoms with Crippen LogP contribution in [0.4, 0.5) is 0 Å². The highest BCUT2D eigenvalue weighted by Gasteiger charge is 2.09. The van der Waals surface area contributed by atoms with Gasteiger partial charge in [-0.2, -0.15) is 5.10 Å². The van der Waals surface area contributed by atoms with E-state index in [1.54, 1.807) is 16.8 Å². The first-order chi connectivity index (χ1) is 11.5. The highest BCUT2D eigenvalue weighted by atomic mass is 32.2. The Morgan fingerprint density at radius 1 is 1.12 bits per heavy atom. The van der Waals surface area contributed by atoms with Crippen molar-refractivity contribution in [2.45, 2.75) is 18.9 Å². The lowest BCUT2D eigenvalue weighted by Gasteiger charge is -2.04. The molecule has 6 nitrogen and oxygen atoms in total. The number of hydrogen-bond acceptors (Lipinski definition) is 6. The number of phenolic OH excluding ortho intramolecular Hbond substituents is 1. The number of ketones is 1. The van der Waals surface area contributed by atoms with Crippen LogP contribution in [0.25, 0.3) is 5.82 Å². The molecule has 0 atom stereocenters. The molecule has 0 aliphatic rings. The Balaban J connectivity index is 1.65. The van der Waals surface area contributed by atoms with Crippen molar-refractivity contribution in [3.8, 4) is 11.6 Å². The smallest absolute Gasteiger partial charge is 0.175 e. The zero-order chi connectivity index (χ0) is 17.1. The summed E-state index contributed by atoms with van der Waals surface area (Å²) in [4.78, 5) is 12.1. The van der Waals surface area contributed by atoms with Crippen molar-refractivity contribution in [2.75, 3.05) is 5.75 Å². The molecule has 1 aromatic carbocycles. The van der Waals surface area contributed by atoms with E-state index >= 15 is 0 Å². The van der Waals surface area contributed by atoms with Gasteiger partial charge in [0, 0.05) is 11.3 Å². The standard InChI is InChI=1S/C17H16N4O2S/c1-11-9-12(2)21(20-11)16-7-8-17(19-18-16)24-10-15(23)13-3-5-14(22)6-4-13/h3-9,22H,10H2,1-2H3. The third kappa shape index (κ3) is 3.62. The maximum Gasteiger partial charge on any atom is 0.175 e. The van der Waals surface area contributed by atoms with Crippen molar-refractivity contribution in [3.05, 3.63) is 59.4 Å². The van der Waals surface area contributed by atoms with Crippen molar-refractivity contribution in [1.29, 1.82) is 0 Å². The minimum atomic E-state index is -0.0237. The molecule has 2 heterocycles. The first-order valence-corrected chi connectivity index (χ1v) is 8.34. The molecule has 24 heavy (non-hydrogen) atoms. The Morgan fingerprint density at radius 2 is 1.88 bits per heavy atom. The van der Waals surface area contributed by atoms with E-state index in [9.17, 15) is 9.90 Å². The molecule has 2 aromatic heterocycles. The molecule has 3 rings (SSSR count). The second-order valence-electron chi connectivity index (χ2n) is 5.33. The van der Waals surface area contributed by atoms with E-state index in [2.05, 4.69) is 15.3 Å². The van der Waals surface area contributed by atoms with Crippen LogP contribution in [0.5, 0.6) is 5.75 Å². The van der Waals surface area contributed by atoms with Gasteiger partial charge in [-0.3, -0.25) is 4.79 Å². The summed E-state index contributed by atoms with van der Waals surface area (Å²) in [6.07, 6.45) is 0. The van der Waals surface area contributed by atoms with Crippen LogP contribution in [-0.4, -0.2) is 36.6 Å². The van der Waals surface area contributed by atoms with Crippen LogP contribution in [0.3, 0.4) is 0 Å². The number of carbonyl (C=O) groups is 1. The van der Waals surface area contributed by atoms with Gasteiger partial charge >= 0.3 is 0 Å². The molecule has 0 bridgehead atoms. The van der Waals surface area contributed by atoms with Gasteiger partial charge in [0.05, 0.1) is 11.4 Å². The predicted octanol–water partition coefficient (Wildman–Crippen LogP) is 2.96. The number of hydrogen-bond donors (Lipinski definition) is 1. The maximum atomic E-state index is 12.1. The zero-order valence-corrected chi connectivity index (χ0v) is 14.1. The molecule has 0 spiro atoms. The van der Waals surface area contributed by atoms with E-state index in [0.717, 1.165) is 11.4 Å². The predicted molar refractivity (Wildman–Crippen MR) is 91.8 cm³/mol. The molecular weight excluding hydrogens is 324 g/mol. The summed E-state index contributed by atoms with van der Waals surface area (Å²) in [6, 6.07) is 11.8. The van der Waals surface area contributed by atoms with E-state index in [0.29, 0.717) is 16.4 Å². The van der Waals surface area contributed by atoms with Gasteiger partial charge in [0.25, 0.3) is 0 Å². The van der Waals surface area contributed by atoms with Crippen LogP contribution in [0.2, 0.25) is 0 Å². The van der Waals surface area contributed by atoms with Crippen molar-refractivity contribution in [3.63, 3.8) is 0 Å². The van der Waals surface area contributed by atoms with Gasteiger partial charge in [0.15, 0.2) is 11.6 Å². The number of benzene rings is 1. The molecular formula is C17H16N4O2S. The number of carbonyl (C=O) groups excluding carboxylic acids is 1. The summed E-state index contributed by atoms with van der Waals surface area (Å²) >= 11 is 1.33. The SMILES string of the molecule is Cc1cc(C)n(-c2ccc(SCC(=O)c3ccc(O)cc3)nn2)n1. The molecule has 122 valence electrons. The number of phenols is 1. The summed E-state index contributed by atoms with van der Waals surface area (Å²) < 4.78 is 1.73. The first kappa shape index (κ1) is 16.2. The summed E-state index contributed by atoms with van der Waals surface area (Å²) in [5.41, 5.74) is 2.48. The largest absolute Gasteiger partial charge is 0.508 e. The highest BCUT2D eigenvalue weighted by Crippen LogP contribution is 2.18. The molecule has 0 aliphatic carbocycles. The van der Waals surface area contributed by atoms with E-state index in [1.807, 2.05) is 32.0 Å². The van der Waals surface area contributed by atoms with Crippen LogP contribution in [-0.2, 0) is 0 Å². The number of aromatic nitrogens is 4. The number of aromatic hydroxyl groups is 1. The van der Waals surface area contributed by atoms with Gasteiger partial charge in [-0.05, 0) is 56.3 Å². The maximum absolute atomic E-state index is 12.1. The average molecular weight is 340 g/mol. The quantitative estimate of drug-likeness (QED) is 0.568. The van der Waals surface area contributed by atoms with Gasteiger partial charge in [-0.15, -0.1) is 10.2 Å². The Bertz CT molecular complexity index is 857. The van der Waals surface area contributed by atoms with Gasteiger partial charge in [0.2, 0.25) is 0 Å². The fourth-order valence-electron chi connectivity index (χ4n) is 2.23. The van der Waals surface area contributed by atoms with Crippen LogP contribution in [0.15, 0.2) is 47.5 Å². The molecule has 0 saturated carbocycles. The van der Waals surface area contributed by atoms with Gasteiger partial charge in [-0.1, -0.05) is 11.8 Å². The third-order valence-corrected chi connectivity index (χ3v) is 4.31. The summed E-state index contributed by atoms with van der Waals surface area (Å²) in [6.45, 7) is 3.89. The van der Waals surface area contributed by atoms with Gasteiger partial charge in [0.1, 0.15) is 10.8 Å². The van der Waals surface area contributed by atoms with Crippen LogP contribution in [0.1, 0.15) is 21.7 Å². The molecule has 1 N–H and O–H groups in total. The van der Waals surface area contributed by atoms with Crippen molar-refractivity contribution < 1.29 is 9.90 Å². The lowest BCUT2D eigenvalue weighted by molar-refractivity contribution is 0.102. The molecule has 0 radical (unpaired) electrons. The van der Waals surface area contributed by atoms with Crippen molar-refractivity contribution >= 4 is 17.5 Å². The van der Waals surface area contributed by atoms with E-state index < -0.39 is 0 Å². The monoisotopic (exact) mass is 340 g/mol. The Labute approximate surface area is 143 Å². The Kier molecular flexibility index (Phi) is 4.61. The second-order valence-corrected chi connectivity index (χ2v) is 6.32. The first-order valence-electron chi connectivity index (χ1n) is 7.35. The molecule has 7 heteroatoms. The van der Waals surface area contributed by atoms with Crippen LogP contribution >= 0.6 is 11.8 Å². The summed E-state index contributed by atoms with van der Waals surface area (Å²) in [5, 5.41) is 22.6. The second kappa shape index (κ2) is 6.84. The number of rotatable bonds is 5. The van der Waals surface area contributed by atoms with E-state index in [4.69, 9.17) is 0 Å². The lowest BCUT2D eigenvalue weighted by atomic mass is 10.1.